The Morgan fingerprint density at radius 2 is 1.94 bits per heavy atom. The molecule has 0 atom stereocenters. The van der Waals surface area contributed by atoms with Crippen molar-refractivity contribution in [2.24, 2.45) is 0 Å². The first-order valence-electron chi connectivity index (χ1n) is 5.49. The van der Waals surface area contributed by atoms with Crippen LogP contribution in [0.2, 0.25) is 0 Å². The molecule has 2 N–H and O–H groups in total. The van der Waals surface area contributed by atoms with Crippen LogP contribution in [0.1, 0.15) is 19.3 Å². The van der Waals surface area contributed by atoms with Gasteiger partial charge in [-0.05, 0) is 25.8 Å². The van der Waals surface area contributed by atoms with Gasteiger partial charge in [-0.25, -0.2) is 0 Å². The lowest BCUT2D eigenvalue weighted by Gasteiger charge is -2.08. The van der Waals surface area contributed by atoms with Crippen molar-refractivity contribution in [1.82, 2.24) is 10.6 Å². The van der Waals surface area contributed by atoms with Crippen LogP contribution >= 0.6 is 0 Å². The highest BCUT2D eigenvalue weighted by Gasteiger charge is 2.27. The first kappa shape index (κ1) is 16.2. The summed E-state index contributed by atoms with van der Waals surface area (Å²) in [6.07, 6.45) is -1.57. The number of carbonyl (C=O) groups excluding carboxylic acids is 1. The van der Waals surface area contributed by atoms with Crippen molar-refractivity contribution in [2.45, 2.75) is 25.4 Å². The molecule has 0 aliphatic heterocycles. The Bertz CT molecular complexity index is 210. The smallest absolute Gasteiger partial charge is 0.385 e. The third-order valence-electron chi connectivity index (χ3n) is 1.97. The number of nitrogens with one attached hydrogen (secondary N) is 2. The molecule has 0 aromatic rings. The lowest BCUT2D eigenvalue weighted by Crippen LogP contribution is -2.39. The maximum absolute atomic E-state index is 11.7. The van der Waals surface area contributed by atoms with Crippen LogP contribution in [0.25, 0.3) is 0 Å². The van der Waals surface area contributed by atoms with E-state index >= 15 is 0 Å². The maximum atomic E-state index is 11.7. The lowest BCUT2D eigenvalue weighted by molar-refractivity contribution is -0.137. The quantitative estimate of drug-likeness (QED) is 0.607. The van der Waals surface area contributed by atoms with Gasteiger partial charge >= 0.3 is 6.18 Å². The van der Waals surface area contributed by atoms with E-state index in [1.54, 1.807) is 12.4 Å². The van der Waals surface area contributed by atoms with E-state index in [4.69, 9.17) is 4.74 Å². The molecule has 0 aliphatic carbocycles. The van der Waals surface area contributed by atoms with E-state index in [0.29, 0.717) is 13.2 Å². The van der Waals surface area contributed by atoms with Gasteiger partial charge in [-0.2, -0.15) is 13.2 Å². The fourth-order valence-corrected chi connectivity index (χ4v) is 1.14. The third kappa shape index (κ3) is 13.1. The number of carbonyl (C=O) groups is 1. The summed E-state index contributed by atoms with van der Waals surface area (Å²) in [4.78, 5) is 10.9. The summed E-state index contributed by atoms with van der Waals surface area (Å²) in [5.74, 6) is -0.640. The number of amides is 1. The summed E-state index contributed by atoms with van der Waals surface area (Å²) in [6.45, 7) is -0.0447. The Morgan fingerprint density at radius 3 is 2.53 bits per heavy atom. The Kier molecular flexibility index (Phi) is 8.79. The van der Waals surface area contributed by atoms with Crippen LogP contribution in [-0.4, -0.2) is 45.4 Å². The summed E-state index contributed by atoms with van der Waals surface area (Å²) in [7, 11) is 1.63. The molecule has 0 bridgehead atoms. The molecule has 1 amide bonds. The highest BCUT2D eigenvalue weighted by molar-refractivity contribution is 5.77. The predicted octanol–water partition coefficient (Wildman–Crippen LogP) is 1.07. The van der Waals surface area contributed by atoms with Crippen LogP contribution in [0.15, 0.2) is 0 Å². The topological polar surface area (TPSA) is 50.4 Å². The van der Waals surface area contributed by atoms with E-state index in [2.05, 4.69) is 5.32 Å². The molecule has 17 heavy (non-hydrogen) atoms. The zero-order valence-corrected chi connectivity index (χ0v) is 9.90. The maximum Gasteiger partial charge on any atom is 0.405 e. The first-order valence-corrected chi connectivity index (χ1v) is 5.49. The molecule has 0 spiro atoms. The van der Waals surface area contributed by atoms with Crippen molar-refractivity contribution in [3.63, 3.8) is 0 Å². The second-order valence-electron chi connectivity index (χ2n) is 3.62. The molecular weight excluding hydrogens is 237 g/mol. The van der Waals surface area contributed by atoms with Crippen molar-refractivity contribution in [3.05, 3.63) is 0 Å². The SMILES string of the molecule is COCCCCCNCC(=O)NCC(F)(F)F. The van der Waals surface area contributed by atoms with E-state index in [-0.39, 0.29) is 6.54 Å². The Balaban J connectivity index is 3.28. The van der Waals surface area contributed by atoms with Gasteiger partial charge in [0.05, 0.1) is 6.54 Å². The van der Waals surface area contributed by atoms with Gasteiger partial charge in [-0.15, -0.1) is 0 Å². The van der Waals surface area contributed by atoms with E-state index in [0.717, 1.165) is 19.3 Å². The third-order valence-corrected chi connectivity index (χ3v) is 1.97. The minimum Gasteiger partial charge on any atom is -0.385 e. The Labute approximate surface area is 98.9 Å². The molecule has 0 saturated carbocycles. The minimum absolute atomic E-state index is 0.0830. The molecule has 0 aromatic carbocycles. The van der Waals surface area contributed by atoms with Crippen molar-refractivity contribution >= 4 is 5.91 Å². The summed E-state index contributed by atoms with van der Waals surface area (Å²) in [5, 5.41) is 4.57. The molecule has 4 nitrogen and oxygen atoms in total. The summed E-state index contributed by atoms with van der Waals surface area (Å²) < 4.78 is 40.1. The van der Waals surface area contributed by atoms with Crippen LogP contribution in [-0.2, 0) is 9.53 Å². The molecule has 0 heterocycles. The zero-order valence-electron chi connectivity index (χ0n) is 9.90. The number of alkyl halides is 3. The van der Waals surface area contributed by atoms with Crippen molar-refractivity contribution in [3.8, 4) is 0 Å². The van der Waals surface area contributed by atoms with E-state index in [9.17, 15) is 18.0 Å². The van der Waals surface area contributed by atoms with Crippen LogP contribution < -0.4 is 10.6 Å². The zero-order chi connectivity index (χ0) is 13.1. The van der Waals surface area contributed by atoms with Crippen LogP contribution in [0, 0.1) is 0 Å². The van der Waals surface area contributed by atoms with Gasteiger partial charge in [0, 0.05) is 13.7 Å². The van der Waals surface area contributed by atoms with Crippen LogP contribution in [0.5, 0.6) is 0 Å². The lowest BCUT2D eigenvalue weighted by atomic mass is 10.2. The first-order chi connectivity index (χ1) is 7.95. The summed E-state index contributed by atoms with van der Waals surface area (Å²) >= 11 is 0. The van der Waals surface area contributed by atoms with E-state index in [1.807, 2.05) is 0 Å². The number of halogens is 3. The van der Waals surface area contributed by atoms with Gasteiger partial charge in [0.15, 0.2) is 0 Å². The number of rotatable bonds is 9. The molecule has 0 fully saturated rings. The summed E-state index contributed by atoms with van der Waals surface area (Å²) in [6, 6.07) is 0. The highest BCUT2D eigenvalue weighted by Crippen LogP contribution is 2.11. The average Bonchev–Trinajstić information content (AvgIpc) is 2.24. The molecule has 0 radical (unpaired) electrons. The molecular formula is C10H19F3N2O2. The number of methoxy groups -OCH3 is 1. The van der Waals surface area contributed by atoms with Crippen LogP contribution in [0.4, 0.5) is 13.2 Å². The van der Waals surface area contributed by atoms with Crippen molar-refractivity contribution in [2.75, 3.05) is 33.4 Å². The standard InChI is InChI=1S/C10H19F3N2O2/c1-17-6-4-2-3-5-14-7-9(16)15-8-10(11,12)13/h14H,2-8H2,1H3,(H,15,16). The Morgan fingerprint density at radius 1 is 1.24 bits per heavy atom. The predicted molar refractivity (Wildman–Crippen MR) is 57.7 cm³/mol. The fourth-order valence-electron chi connectivity index (χ4n) is 1.14. The largest absolute Gasteiger partial charge is 0.405 e. The highest BCUT2D eigenvalue weighted by atomic mass is 19.4. The van der Waals surface area contributed by atoms with Gasteiger partial charge < -0.3 is 15.4 Å². The van der Waals surface area contributed by atoms with Crippen LogP contribution in [0.3, 0.4) is 0 Å². The Hall–Kier alpha value is -0.820. The fraction of sp³-hybridized carbons (Fsp3) is 0.900. The van der Waals surface area contributed by atoms with Gasteiger partial charge in [-0.3, -0.25) is 4.79 Å². The van der Waals surface area contributed by atoms with Gasteiger partial charge in [0.2, 0.25) is 5.91 Å². The molecule has 0 aromatic heterocycles. The second kappa shape index (κ2) is 9.23. The average molecular weight is 256 g/mol. The molecule has 0 saturated heterocycles. The number of unbranched alkanes of at least 4 members (excludes halogenated alkanes) is 2. The van der Waals surface area contributed by atoms with E-state index in [1.165, 1.54) is 0 Å². The van der Waals surface area contributed by atoms with Gasteiger partial charge in [-0.1, -0.05) is 0 Å². The summed E-state index contributed by atoms with van der Waals surface area (Å²) in [5.41, 5.74) is 0. The number of ether oxygens (including phenoxy) is 1. The van der Waals surface area contributed by atoms with Crippen molar-refractivity contribution in [1.29, 1.82) is 0 Å². The van der Waals surface area contributed by atoms with Crippen molar-refractivity contribution < 1.29 is 22.7 Å². The van der Waals surface area contributed by atoms with Gasteiger partial charge in [0.25, 0.3) is 0 Å². The molecule has 102 valence electrons. The minimum atomic E-state index is -4.35. The number of hydrogen-bond acceptors (Lipinski definition) is 3. The molecule has 7 heteroatoms. The number of hydrogen-bond donors (Lipinski definition) is 2. The molecule has 0 unspecified atom stereocenters. The van der Waals surface area contributed by atoms with E-state index < -0.39 is 18.6 Å². The molecule has 0 aliphatic rings. The van der Waals surface area contributed by atoms with Gasteiger partial charge in [0.1, 0.15) is 6.54 Å². The normalized spacial score (nSPS) is 11.5. The molecule has 0 rings (SSSR count). The monoisotopic (exact) mass is 256 g/mol. The second-order valence-corrected chi connectivity index (χ2v) is 3.62.